The van der Waals surface area contributed by atoms with Crippen LogP contribution >= 0.6 is 0 Å². The van der Waals surface area contributed by atoms with Crippen molar-refractivity contribution in [2.24, 2.45) is 0 Å². The molecule has 3 saturated heterocycles. The first-order valence-electron chi connectivity index (χ1n) is 15.4. The summed E-state index contributed by atoms with van der Waals surface area (Å²) in [7, 11) is 1.29. The number of carbonyl (C=O) groups is 4. The van der Waals surface area contributed by atoms with Crippen molar-refractivity contribution in [3.8, 4) is 5.75 Å². The van der Waals surface area contributed by atoms with Gasteiger partial charge in [0.05, 0.1) is 30.4 Å². The Morgan fingerprint density at radius 3 is 1.88 bits per heavy atom. The molecule has 11 nitrogen and oxygen atoms in total. The molecular formula is C34H28F6N2O9. The molecule has 0 bridgehead atoms. The highest BCUT2D eigenvalue weighted by atomic mass is 19.4. The van der Waals surface area contributed by atoms with Crippen LogP contribution < -0.4 is 4.74 Å². The number of likely N-dealkylation sites (tertiary alicyclic amines) is 1. The van der Waals surface area contributed by atoms with Crippen molar-refractivity contribution in [1.82, 2.24) is 9.80 Å². The molecule has 0 saturated carbocycles. The van der Waals surface area contributed by atoms with E-state index in [0.717, 1.165) is 36.4 Å². The Morgan fingerprint density at radius 1 is 0.804 bits per heavy atom. The van der Waals surface area contributed by atoms with E-state index in [1.54, 1.807) is 11.0 Å². The summed E-state index contributed by atoms with van der Waals surface area (Å²) in [6.45, 7) is 0.107. The zero-order valence-corrected chi connectivity index (χ0v) is 26.6. The molecule has 0 N–H and O–H groups in total. The topological polar surface area (TPSA) is 121 Å². The predicted octanol–water partition coefficient (Wildman–Crippen LogP) is 5.72. The van der Waals surface area contributed by atoms with Crippen LogP contribution in [0.4, 0.5) is 31.1 Å². The van der Waals surface area contributed by atoms with E-state index in [4.69, 9.17) is 23.7 Å². The second-order valence-corrected chi connectivity index (χ2v) is 11.9. The van der Waals surface area contributed by atoms with E-state index in [-0.39, 0.29) is 61.5 Å². The summed E-state index contributed by atoms with van der Waals surface area (Å²) in [5.41, 5.74) is -3.99. The third-order valence-corrected chi connectivity index (χ3v) is 8.89. The van der Waals surface area contributed by atoms with Crippen LogP contribution in [-0.4, -0.2) is 78.6 Å². The van der Waals surface area contributed by atoms with Crippen LogP contribution in [0.1, 0.15) is 51.6 Å². The van der Waals surface area contributed by atoms with Gasteiger partial charge in [-0.05, 0) is 47.5 Å². The first kappa shape index (κ1) is 35.7. The van der Waals surface area contributed by atoms with Crippen LogP contribution in [0.15, 0.2) is 72.8 Å². The van der Waals surface area contributed by atoms with Crippen LogP contribution in [0.3, 0.4) is 0 Å². The van der Waals surface area contributed by atoms with Crippen molar-refractivity contribution in [1.29, 1.82) is 0 Å². The van der Waals surface area contributed by atoms with E-state index in [1.165, 1.54) is 37.4 Å². The fraction of sp³-hybridized carbons (Fsp3) is 0.353. The summed E-state index contributed by atoms with van der Waals surface area (Å²) < 4.78 is 109. The molecule has 0 unspecified atom stereocenters. The van der Waals surface area contributed by atoms with Gasteiger partial charge >= 0.3 is 36.3 Å². The lowest BCUT2D eigenvalue weighted by atomic mass is 9.86. The Labute approximate surface area is 285 Å². The Morgan fingerprint density at radius 2 is 1.35 bits per heavy atom. The lowest BCUT2D eigenvalue weighted by Crippen LogP contribution is -2.64. The molecule has 3 aromatic carbocycles. The van der Waals surface area contributed by atoms with Gasteiger partial charge < -0.3 is 28.6 Å². The average molecular weight is 723 g/mol. The van der Waals surface area contributed by atoms with E-state index in [1.807, 2.05) is 0 Å². The maximum atomic E-state index is 13.7. The molecule has 3 fully saturated rings. The molecule has 0 aromatic heterocycles. The molecule has 51 heavy (non-hydrogen) atoms. The summed E-state index contributed by atoms with van der Waals surface area (Å²) in [6, 6.07) is 14.1. The largest absolute Gasteiger partial charge is 0.496 e. The number of halogens is 6. The zero-order chi connectivity index (χ0) is 36.8. The summed E-state index contributed by atoms with van der Waals surface area (Å²) in [5.74, 6) is -6.42. The molecule has 2 spiro atoms. The number of rotatable bonds is 8. The van der Waals surface area contributed by atoms with Gasteiger partial charge in [-0.2, -0.15) is 31.2 Å². The van der Waals surface area contributed by atoms with Gasteiger partial charge in [-0.1, -0.05) is 36.4 Å². The molecule has 0 radical (unpaired) electrons. The number of piperidine rings is 1. The van der Waals surface area contributed by atoms with Crippen molar-refractivity contribution in [3.63, 3.8) is 0 Å². The molecule has 3 aliphatic rings. The number of esters is 2. The number of imide groups is 1. The van der Waals surface area contributed by atoms with Crippen LogP contribution in [-0.2, 0) is 40.9 Å². The van der Waals surface area contributed by atoms with Crippen LogP contribution in [0.25, 0.3) is 0 Å². The molecule has 3 heterocycles. The molecule has 6 rings (SSSR count). The van der Waals surface area contributed by atoms with Crippen molar-refractivity contribution >= 4 is 23.9 Å². The second kappa shape index (κ2) is 13.2. The van der Waals surface area contributed by atoms with Crippen LogP contribution in [0.5, 0.6) is 5.75 Å². The van der Waals surface area contributed by atoms with Gasteiger partial charge in [-0.3, -0.25) is 4.79 Å². The Kier molecular flexibility index (Phi) is 9.22. The highest BCUT2D eigenvalue weighted by molar-refractivity contribution is 6.31. The monoisotopic (exact) mass is 722 g/mol. The number of nitrogens with zero attached hydrogens (tertiary/aromatic N) is 2. The van der Waals surface area contributed by atoms with Gasteiger partial charge in [0.2, 0.25) is 5.60 Å². The van der Waals surface area contributed by atoms with E-state index in [2.05, 4.69) is 0 Å². The Balaban J connectivity index is 1.20. The third kappa shape index (κ3) is 6.58. The summed E-state index contributed by atoms with van der Waals surface area (Å²) in [6.07, 6.45) is -12.2. The van der Waals surface area contributed by atoms with E-state index in [9.17, 15) is 45.5 Å². The molecule has 17 heteroatoms. The van der Waals surface area contributed by atoms with Gasteiger partial charge in [0.1, 0.15) is 11.9 Å². The number of ether oxygens (including phenoxy) is 5. The second-order valence-electron chi connectivity index (χ2n) is 11.9. The van der Waals surface area contributed by atoms with Gasteiger partial charge in [-0.25, -0.2) is 14.4 Å². The standard InChI is InChI=1S/C34H28F6N2O9/c1-47-25-11-3-2-10-24(25)27(43)42-30(46)51-31(34(42)49-28(44)29(45)50-34)12-14-41(15-13-31)16-17-48-26(20-6-4-8-22(18-20)32(35,36)37)21-7-5-9-23(19-21)33(38,39)40/h2-11,18-19,26H,12-17H2,1H3. The first-order chi connectivity index (χ1) is 24.1. The average Bonchev–Trinajstić information content (AvgIpc) is 3.52. The number of para-hydroxylation sites is 1. The summed E-state index contributed by atoms with van der Waals surface area (Å²) >= 11 is 0. The normalized spacial score (nSPS) is 18.7. The van der Waals surface area contributed by atoms with Crippen LogP contribution in [0, 0.1) is 0 Å². The molecule has 0 atom stereocenters. The first-order valence-corrected chi connectivity index (χ1v) is 15.4. The van der Waals surface area contributed by atoms with Gasteiger partial charge in [-0.15, -0.1) is 0 Å². The molecule has 0 aliphatic carbocycles. The molecule has 3 aromatic rings. The lowest BCUT2D eigenvalue weighted by molar-refractivity contribution is -0.277. The zero-order valence-electron chi connectivity index (χ0n) is 26.6. The molecule has 3 aliphatic heterocycles. The van der Waals surface area contributed by atoms with Crippen molar-refractivity contribution in [2.45, 2.75) is 42.8 Å². The fourth-order valence-electron chi connectivity index (χ4n) is 6.39. The van der Waals surface area contributed by atoms with Crippen LogP contribution in [0.2, 0.25) is 0 Å². The number of fused-ring (bicyclic) bond motifs is 1. The Bertz CT molecular complexity index is 1780. The minimum absolute atomic E-state index is 0.0220. The quantitative estimate of drug-likeness (QED) is 0.162. The number of carbonyl (C=O) groups excluding carboxylic acids is 4. The maximum absolute atomic E-state index is 13.7. The number of benzene rings is 3. The SMILES string of the molecule is COc1ccccc1C(=O)N1C(=O)OC2(CCN(CCOC(c3cccc(C(F)(F)F)c3)c3cccc(C(F)(F)F)c3)CC2)C12OC(=O)C(=O)O2. The number of hydrogen-bond acceptors (Lipinski definition) is 10. The number of alkyl halides is 6. The minimum Gasteiger partial charge on any atom is -0.496 e. The van der Waals surface area contributed by atoms with Gasteiger partial charge in [0.15, 0.2) is 0 Å². The van der Waals surface area contributed by atoms with Gasteiger partial charge in [0, 0.05) is 32.5 Å². The number of amides is 2. The summed E-state index contributed by atoms with van der Waals surface area (Å²) in [4.78, 5) is 54.0. The highest BCUT2D eigenvalue weighted by Crippen LogP contribution is 2.51. The number of methoxy groups -OCH3 is 1. The van der Waals surface area contributed by atoms with Crippen molar-refractivity contribution in [2.75, 3.05) is 33.4 Å². The van der Waals surface area contributed by atoms with Crippen molar-refractivity contribution in [3.05, 3.63) is 101 Å². The third-order valence-electron chi connectivity index (χ3n) is 8.89. The lowest BCUT2D eigenvalue weighted by Gasteiger charge is -2.43. The minimum atomic E-state index is -4.71. The van der Waals surface area contributed by atoms with E-state index < -0.39 is 65.0 Å². The number of hydrogen-bond donors (Lipinski definition) is 0. The molecule has 270 valence electrons. The predicted molar refractivity (Wildman–Crippen MR) is 160 cm³/mol. The maximum Gasteiger partial charge on any atom is 0.424 e. The smallest absolute Gasteiger partial charge is 0.424 e. The highest BCUT2D eigenvalue weighted by Gasteiger charge is 2.77. The Hall–Kier alpha value is -5.16. The van der Waals surface area contributed by atoms with E-state index >= 15 is 0 Å². The van der Waals surface area contributed by atoms with Crippen molar-refractivity contribution < 1.29 is 69.2 Å². The molecule has 2 amide bonds. The summed E-state index contributed by atoms with van der Waals surface area (Å²) in [5, 5.41) is 0. The van der Waals surface area contributed by atoms with Gasteiger partial charge in [0.25, 0.3) is 5.91 Å². The fourth-order valence-corrected chi connectivity index (χ4v) is 6.39. The van der Waals surface area contributed by atoms with E-state index in [0.29, 0.717) is 4.90 Å². The molecular weight excluding hydrogens is 694 g/mol.